The molecule has 0 heterocycles. The Balaban J connectivity index is 1.62. The standard InChI is InChI=1S/C26H33NO2/c1-25(2,24(28)29-4)18-27(3)22-13-14-26(17-22)16-21-11-6-5-9-19(21)15-20-10-7-8-12-23(20)26/h5-12,22H,13-18H2,1-4H3. The first-order chi connectivity index (χ1) is 13.8. The van der Waals surface area contributed by atoms with Crippen LogP contribution in [0.25, 0.3) is 0 Å². The van der Waals surface area contributed by atoms with Gasteiger partial charge in [0.1, 0.15) is 0 Å². The Morgan fingerprint density at radius 1 is 1.10 bits per heavy atom. The highest BCUT2D eigenvalue weighted by molar-refractivity contribution is 5.76. The second kappa shape index (κ2) is 7.60. The van der Waals surface area contributed by atoms with Gasteiger partial charge in [-0.3, -0.25) is 4.79 Å². The number of esters is 1. The van der Waals surface area contributed by atoms with Gasteiger partial charge in [0.25, 0.3) is 0 Å². The molecule has 1 spiro atoms. The molecule has 0 aliphatic heterocycles. The lowest BCUT2D eigenvalue weighted by atomic mass is 9.73. The number of rotatable bonds is 4. The number of hydrogen-bond donors (Lipinski definition) is 0. The summed E-state index contributed by atoms with van der Waals surface area (Å²) >= 11 is 0. The first-order valence-electron chi connectivity index (χ1n) is 10.8. The van der Waals surface area contributed by atoms with Crippen LogP contribution in [0.4, 0.5) is 0 Å². The van der Waals surface area contributed by atoms with E-state index in [1.165, 1.54) is 36.6 Å². The summed E-state index contributed by atoms with van der Waals surface area (Å²) in [5.41, 5.74) is 5.70. The predicted octanol–water partition coefficient (Wildman–Crippen LogP) is 4.75. The van der Waals surface area contributed by atoms with Crippen LogP contribution < -0.4 is 0 Å². The normalized spacial score (nSPS) is 23.6. The minimum Gasteiger partial charge on any atom is -0.469 e. The van der Waals surface area contributed by atoms with E-state index in [0.717, 1.165) is 25.8 Å². The first kappa shape index (κ1) is 20.2. The predicted molar refractivity (Wildman–Crippen MR) is 117 cm³/mol. The van der Waals surface area contributed by atoms with Gasteiger partial charge in [-0.05, 0) is 75.3 Å². The second-order valence-electron chi connectivity index (χ2n) is 9.75. The van der Waals surface area contributed by atoms with Gasteiger partial charge in [-0.25, -0.2) is 0 Å². The maximum Gasteiger partial charge on any atom is 0.312 e. The fourth-order valence-electron chi connectivity index (χ4n) is 5.73. The van der Waals surface area contributed by atoms with Crippen molar-refractivity contribution in [2.75, 3.05) is 20.7 Å². The third-order valence-electron chi connectivity index (χ3n) is 7.21. The maximum absolute atomic E-state index is 12.2. The number of ether oxygens (including phenoxy) is 1. The van der Waals surface area contributed by atoms with Crippen molar-refractivity contribution in [1.29, 1.82) is 0 Å². The maximum atomic E-state index is 12.2. The second-order valence-corrected chi connectivity index (χ2v) is 9.75. The summed E-state index contributed by atoms with van der Waals surface area (Å²) in [5, 5.41) is 0. The molecule has 29 heavy (non-hydrogen) atoms. The van der Waals surface area contributed by atoms with Gasteiger partial charge in [-0.15, -0.1) is 0 Å². The third kappa shape index (κ3) is 3.73. The molecule has 0 saturated heterocycles. The smallest absolute Gasteiger partial charge is 0.312 e. The molecule has 2 aliphatic carbocycles. The molecular weight excluding hydrogens is 358 g/mol. The van der Waals surface area contributed by atoms with E-state index in [2.05, 4.69) is 60.5 Å². The lowest BCUT2D eigenvalue weighted by Gasteiger charge is -2.35. The van der Waals surface area contributed by atoms with Crippen molar-refractivity contribution in [3.05, 3.63) is 70.8 Å². The quantitative estimate of drug-likeness (QED) is 0.704. The zero-order valence-corrected chi connectivity index (χ0v) is 18.2. The van der Waals surface area contributed by atoms with Crippen LogP contribution in [-0.2, 0) is 27.8 Å². The third-order valence-corrected chi connectivity index (χ3v) is 7.21. The summed E-state index contributed by atoms with van der Waals surface area (Å²) < 4.78 is 5.02. The first-order valence-corrected chi connectivity index (χ1v) is 10.8. The summed E-state index contributed by atoms with van der Waals surface area (Å²) in [6, 6.07) is 18.5. The largest absolute Gasteiger partial charge is 0.469 e. The molecule has 2 aliphatic rings. The van der Waals surface area contributed by atoms with E-state index < -0.39 is 5.41 Å². The SMILES string of the molecule is COC(=O)C(C)(C)CN(C)C1CCC2(Cc3ccccc3Cc3ccccc32)C1. The summed E-state index contributed by atoms with van der Waals surface area (Å²) in [5.74, 6) is -0.134. The minimum atomic E-state index is -0.493. The van der Waals surface area contributed by atoms with Crippen LogP contribution in [0.3, 0.4) is 0 Å². The minimum absolute atomic E-state index is 0.134. The Hall–Kier alpha value is -2.13. The summed E-state index contributed by atoms with van der Waals surface area (Å²) in [6.07, 6.45) is 5.66. The molecule has 1 fully saturated rings. The number of fused-ring (bicyclic) bond motifs is 3. The highest BCUT2D eigenvalue weighted by Gasteiger charge is 2.45. The molecule has 2 aromatic carbocycles. The monoisotopic (exact) mass is 391 g/mol. The van der Waals surface area contributed by atoms with Crippen LogP contribution in [0, 0.1) is 5.41 Å². The van der Waals surface area contributed by atoms with Crippen molar-refractivity contribution in [1.82, 2.24) is 4.90 Å². The van der Waals surface area contributed by atoms with Gasteiger partial charge in [0.05, 0.1) is 12.5 Å². The average molecular weight is 392 g/mol. The van der Waals surface area contributed by atoms with E-state index in [1.54, 1.807) is 5.56 Å². The molecule has 2 unspecified atom stereocenters. The summed E-state index contributed by atoms with van der Waals surface area (Å²) in [6.45, 7) is 4.69. The van der Waals surface area contributed by atoms with Crippen LogP contribution in [0.15, 0.2) is 48.5 Å². The molecule has 0 aromatic heterocycles. The number of methoxy groups -OCH3 is 1. The van der Waals surface area contributed by atoms with Crippen molar-refractivity contribution in [2.45, 2.75) is 57.4 Å². The molecule has 154 valence electrons. The Morgan fingerprint density at radius 3 is 2.48 bits per heavy atom. The molecule has 3 nitrogen and oxygen atoms in total. The van der Waals surface area contributed by atoms with Crippen LogP contribution in [0.1, 0.15) is 55.4 Å². The Kier molecular flexibility index (Phi) is 5.29. The van der Waals surface area contributed by atoms with Crippen LogP contribution in [0.5, 0.6) is 0 Å². The number of hydrogen-bond acceptors (Lipinski definition) is 3. The fraction of sp³-hybridized carbons (Fsp3) is 0.500. The highest BCUT2D eigenvalue weighted by atomic mass is 16.5. The van der Waals surface area contributed by atoms with Gasteiger partial charge in [0, 0.05) is 18.0 Å². The zero-order valence-electron chi connectivity index (χ0n) is 18.2. The van der Waals surface area contributed by atoms with Crippen molar-refractivity contribution in [3.8, 4) is 0 Å². The number of carbonyl (C=O) groups is 1. The van der Waals surface area contributed by atoms with Crippen LogP contribution in [0.2, 0.25) is 0 Å². The van der Waals surface area contributed by atoms with E-state index in [4.69, 9.17) is 4.74 Å². The van der Waals surface area contributed by atoms with E-state index in [-0.39, 0.29) is 11.4 Å². The molecule has 2 atom stereocenters. The molecule has 0 radical (unpaired) electrons. The van der Waals surface area contributed by atoms with E-state index in [9.17, 15) is 4.79 Å². The van der Waals surface area contributed by atoms with Crippen molar-refractivity contribution in [3.63, 3.8) is 0 Å². The van der Waals surface area contributed by atoms with Gasteiger partial charge in [0.15, 0.2) is 0 Å². The Bertz CT molecular complexity index is 903. The molecule has 3 heteroatoms. The molecular formula is C26H33NO2. The average Bonchev–Trinajstić information content (AvgIpc) is 3.08. The number of benzene rings is 2. The molecule has 0 bridgehead atoms. The molecule has 4 rings (SSSR count). The van der Waals surface area contributed by atoms with Gasteiger partial charge in [-0.1, -0.05) is 48.5 Å². The molecule has 0 amide bonds. The Morgan fingerprint density at radius 2 is 1.76 bits per heavy atom. The van der Waals surface area contributed by atoms with E-state index in [0.29, 0.717) is 6.04 Å². The van der Waals surface area contributed by atoms with Gasteiger partial charge < -0.3 is 9.64 Å². The summed E-state index contributed by atoms with van der Waals surface area (Å²) in [7, 11) is 3.65. The zero-order chi connectivity index (χ0) is 20.6. The van der Waals surface area contributed by atoms with Crippen LogP contribution in [-0.4, -0.2) is 37.6 Å². The lowest BCUT2D eigenvalue weighted by Crippen LogP contribution is -2.42. The van der Waals surface area contributed by atoms with E-state index in [1.807, 2.05) is 13.8 Å². The van der Waals surface area contributed by atoms with Crippen molar-refractivity contribution < 1.29 is 9.53 Å². The number of carbonyl (C=O) groups excluding carboxylic acids is 1. The van der Waals surface area contributed by atoms with Crippen molar-refractivity contribution >= 4 is 5.97 Å². The number of nitrogens with zero attached hydrogens (tertiary/aromatic N) is 1. The Labute approximate surface area is 175 Å². The topological polar surface area (TPSA) is 29.5 Å². The lowest BCUT2D eigenvalue weighted by molar-refractivity contribution is -0.151. The van der Waals surface area contributed by atoms with Gasteiger partial charge in [-0.2, -0.15) is 0 Å². The van der Waals surface area contributed by atoms with Crippen molar-refractivity contribution in [2.24, 2.45) is 5.41 Å². The van der Waals surface area contributed by atoms with Crippen LogP contribution >= 0.6 is 0 Å². The fourth-order valence-corrected chi connectivity index (χ4v) is 5.73. The van der Waals surface area contributed by atoms with E-state index >= 15 is 0 Å². The van der Waals surface area contributed by atoms with Gasteiger partial charge in [0.2, 0.25) is 0 Å². The molecule has 1 saturated carbocycles. The summed E-state index contributed by atoms with van der Waals surface area (Å²) in [4.78, 5) is 14.6. The highest BCUT2D eigenvalue weighted by Crippen LogP contribution is 2.48. The van der Waals surface area contributed by atoms with Gasteiger partial charge >= 0.3 is 5.97 Å². The molecule has 2 aromatic rings. The molecule has 0 N–H and O–H groups in total.